The second-order valence-corrected chi connectivity index (χ2v) is 5.53. The Morgan fingerprint density at radius 1 is 1.13 bits per heavy atom. The molecule has 0 spiro atoms. The molecule has 2 N–H and O–H groups in total. The molecule has 0 saturated heterocycles. The van der Waals surface area contributed by atoms with Crippen molar-refractivity contribution in [1.29, 1.82) is 5.26 Å². The molecule has 0 aliphatic rings. The van der Waals surface area contributed by atoms with E-state index in [9.17, 15) is 26.3 Å². The van der Waals surface area contributed by atoms with Gasteiger partial charge in [0, 0.05) is 6.20 Å². The maximum Gasteiger partial charge on any atom is 0.416 e. The molecular formula is C17H8F6N6O. The molecule has 0 unspecified atom stereocenters. The Hall–Kier alpha value is -4.08. The third-order valence-corrected chi connectivity index (χ3v) is 3.58. The molecular weight excluding hydrogens is 418 g/mol. The molecule has 3 aromatic rings. The first kappa shape index (κ1) is 20.6. The number of benzene rings is 2. The van der Waals surface area contributed by atoms with Crippen molar-refractivity contribution >= 4 is 11.3 Å². The minimum absolute atomic E-state index is 0.0503. The van der Waals surface area contributed by atoms with Crippen LogP contribution < -0.4 is 10.1 Å². The summed E-state index contributed by atoms with van der Waals surface area (Å²) in [7, 11) is 0. The Balaban J connectivity index is 1.96. The summed E-state index contributed by atoms with van der Waals surface area (Å²) in [4.78, 5) is 0. The van der Waals surface area contributed by atoms with Gasteiger partial charge in [-0.2, -0.15) is 23.6 Å². The highest BCUT2D eigenvalue weighted by Crippen LogP contribution is 2.38. The molecule has 3 rings (SSSR count). The highest BCUT2D eigenvalue weighted by atomic mass is 19.4. The van der Waals surface area contributed by atoms with E-state index in [4.69, 9.17) is 10.00 Å². The highest BCUT2D eigenvalue weighted by Gasteiger charge is 2.33. The molecule has 0 bridgehead atoms. The van der Waals surface area contributed by atoms with E-state index in [2.05, 4.69) is 25.9 Å². The summed E-state index contributed by atoms with van der Waals surface area (Å²) in [6.07, 6.45) is -3.99. The van der Waals surface area contributed by atoms with E-state index in [1.807, 2.05) is 0 Å². The zero-order valence-corrected chi connectivity index (χ0v) is 14.4. The largest absolute Gasteiger partial charge is 0.449 e. The normalized spacial score (nSPS) is 11.8. The molecule has 1 aromatic heterocycles. The summed E-state index contributed by atoms with van der Waals surface area (Å²) in [6, 6.07) is 5.05. The van der Waals surface area contributed by atoms with Crippen LogP contribution in [0.15, 0.2) is 36.5 Å². The van der Waals surface area contributed by atoms with E-state index >= 15 is 0 Å². The van der Waals surface area contributed by atoms with Gasteiger partial charge in [0.05, 0.1) is 5.56 Å². The van der Waals surface area contributed by atoms with E-state index in [0.717, 1.165) is 24.4 Å². The lowest BCUT2D eigenvalue weighted by molar-refractivity contribution is -0.138. The second-order valence-electron chi connectivity index (χ2n) is 5.53. The number of hydrogen-bond donors (Lipinski definition) is 2. The molecule has 0 radical (unpaired) electrons. The van der Waals surface area contributed by atoms with E-state index in [0.29, 0.717) is 0 Å². The van der Waals surface area contributed by atoms with Crippen molar-refractivity contribution in [2.45, 2.75) is 6.18 Å². The zero-order chi connectivity index (χ0) is 21.9. The number of nitrogens with zero attached hydrogens (tertiary/aromatic N) is 4. The van der Waals surface area contributed by atoms with E-state index in [1.54, 1.807) is 6.07 Å². The fourth-order valence-corrected chi connectivity index (χ4v) is 2.23. The van der Waals surface area contributed by atoms with Crippen molar-refractivity contribution < 1.29 is 31.1 Å². The fraction of sp³-hybridized carbons (Fsp3) is 0.0588. The quantitative estimate of drug-likeness (QED) is 0.463. The maximum atomic E-state index is 14.2. The lowest BCUT2D eigenvalue weighted by atomic mass is 10.2. The summed E-state index contributed by atoms with van der Waals surface area (Å²) in [5.74, 6) is -5.98. The first-order valence-corrected chi connectivity index (χ1v) is 7.84. The third-order valence-electron chi connectivity index (χ3n) is 3.58. The summed E-state index contributed by atoms with van der Waals surface area (Å²) in [5, 5.41) is 24.0. The monoisotopic (exact) mass is 426 g/mol. The van der Waals surface area contributed by atoms with Gasteiger partial charge in [-0.1, -0.05) is 6.07 Å². The number of hydrogen-bond acceptors (Lipinski definition) is 6. The van der Waals surface area contributed by atoms with Crippen LogP contribution in [-0.4, -0.2) is 20.6 Å². The lowest BCUT2D eigenvalue weighted by Crippen LogP contribution is -2.07. The van der Waals surface area contributed by atoms with Gasteiger partial charge in [0.15, 0.2) is 23.1 Å². The second kappa shape index (κ2) is 8.11. The van der Waals surface area contributed by atoms with Gasteiger partial charge < -0.3 is 10.1 Å². The third kappa shape index (κ3) is 4.32. The first-order valence-electron chi connectivity index (χ1n) is 7.84. The minimum atomic E-state index is -4.97. The summed E-state index contributed by atoms with van der Waals surface area (Å²) >= 11 is 0. The van der Waals surface area contributed by atoms with Crippen LogP contribution in [0.1, 0.15) is 11.4 Å². The van der Waals surface area contributed by atoms with Gasteiger partial charge in [0.25, 0.3) is 0 Å². The average molecular weight is 426 g/mol. The van der Waals surface area contributed by atoms with Crippen molar-refractivity contribution in [3.05, 3.63) is 65.4 Å². The van der Waals surface area contributed by atoms with Crippen molar-refractivity contribution in [2.75, 3.05) is 5.32 Å². The predicted octanol–water partition coefficient (Wildman–Crippen LogP) is 4.40. The number of nitriles is 1. The van der Waals surface area contributed by atoms with Gasteiger partial charge in [-0.05, 0) is 29.5 Å². The zero-order valence-electron chi connectivity index (χ0n) is 14.4. The highest BCUT2D eigenvalue weighted by molar-refractivity contribution is 5.75. The molecule has 0 atom stereocenters. The molecule has 13 heteroatoms. The van der Waals surface area contributed by atoms with Gasteiger partial charge >= 0.3 is 6.18 Å². The molecule has 0 amide bonds. The molecule has 0 saturated carbocycles. The molecule has 1 heterocycles. The van der Waals surface area contributed by atoms with Crippen molar-refractivity contribution in [1.82, 2.24) is 20.6 Å². The smallest absolute Gasteiger partial charge is 0.416 e. The van der Waals surface area contributed by atoms with Crippen LogP contribution in [0.4, 0.5) is 32.0 Å². The molecule has 154 valence electrons. The van der Waals surface area contributed by atoms with Crippen molar-refractivity contribution in [2.24, 2.45) is 0 Å². The number of halogens is 6. The van der Waals surface area contributed by atoms with Gasteiger partial charge in [0.1, 0.15) is 23.1 Å². The van der Waals surface area contributed by atoms with E-state index in [-0.39, 0.29) is 23.5 Å². The van der Waals surface area contributed by atoms with Crippen LogP contribution in [0.2, 0.25) is 0 Å². The lowest BCUT2D eigenvalue weighted by Gasteiger charge is -2.14. The summed E-state index contributed by atoms with van der Waals surface area (Å²) in [6.45, 7) is 0. The Kier molecular flexibility index (Phi) is 5.58. The maximum absolute atomic E-state index is 14.2. The molecule has 7 nitrogen and oxygen atoms in total. The number of alkyl halides is 3. The Labute approximate surface area is 163 Å². The molecule has 0 fully saturated rings. The number of ether oxygens (including phenoxy) is 1. The average Bonchev–Trinajstić information content (AvgIpc) is 3.20. The minimum Gasteiger partial charge on any atom is -0.449 e. The number of allylic oxidation sites excluding steroid dienone is 1. The number of anilines is 1. The molecule has 0 aliphatic carbocycles. The molecule has 0 aliphatic heterocycles. The van der Waals surface area contributed by atoms with Crippen LogP contribution in [0, 0.1) is 28.8 Å². The summed E-state index contributed by atoms with van der Waals surface area (Å²) in [5.41, 5.74) is -2.18. The van der Waals surface area contributed by atoms with E-state index in [1.165, 1.54) is 0 Å². The fourth-order valence-electron chi connectivity index (χ4n) is 2.23. The van der Waals surface area contributed by atoms with E-state index < -0.39 is 46.4 Å². The van der Waals surface area contributed by atoms with Crippen LogP contribution in [0.3, 0.4) is 0 Å². The van der Waals surface area contributed by atoms with Crippen LogP contribution in [-0.2, 0) is 6.18 Å². The predicted molar refractivity (Wildman–Crippen MR) is 89.2 cm³/mol. The number of aromatic amines is 1. The van der Waals surface area contributed by atoms with Gasteiger partial charge in [-0.25, -0.2) is 13.2 Å². The number of aromatic nitrogens is 4. The van der Waals surface area contributed by atoms with Crippen molar-refractivity contribution in [3.63, 3.8) is 0 Å². The van der Waals surface area contributed by atoms with Gasteiger partial charge in [-0.15, -0.1) is 10.2 Å². The number of rotatable bonds is 5. The number of H-pyrrole nitrogens is 1. The van der Waals surface area contributed by atoms with Crippen molar-refractivity contribution in [3.8, 4) is 17.6 Å². The number of nitrogens with one attached hydrogen (secondary N) is 2. The molecule has 30 heavy (non-hydrogen) atoms. The van der Waals surface area contributed by atoms with Gasteiger partial charge in [0.2, 0.25) is 5.82 Å². The van der Waals surface area contributed by atoms with Gasteiger partial charge in [-0.3, -0.25) is 0 Å². The van der Waals surface area contributed by atoms with Crippen LogP contribution >= 0.6 is 0 Å². The molecule has 2 aromatic carbocycles. The van der Waals surface area contributed by atoms with Crippen LogP contribution in [0.5, 0.6) is 11.5 Å². The summed E-state index contributed by atoms with van der Waals surface area (Å²) < 4.78 is 85.3. The standard InChI is InChI=1S/C17H8F6N6O/c18-10-2-1-3-13(14(10)25-7-8(6-24)16-26-28-29-27-16)30-15-11(19)4-9(5-12(15)20)17(21,22)23/h1-5,7,25H,(H,26,27,28,29). The number of tetrazole rings is 1. The Bertz CT molecular complexity index is 1110. The van der Waals surface area contributed by atoms with Crippen LogP contribution in [0.25, 0.3) is 5.57 Å². The topological polar surface area (TPSA) is 99.5 Å². The number of para-hydroxylation sites is 1. The SMILES string of the molecule is N#CC(=CNc1c(F)cccc1Oc1c(F)cc(C(F)(F)F)cc1F)c1nn[nH]n1. The first-order chi connectivity index (χ1) is 14.2. The Morgan fingerprint density at radius 3 is 2.40 bits per heavy atom. The Morgan fingerprint density at radius 2 is 1.83 bits per heavy atom.